The Morgan fingerprint density at radius 1 is 1.26 bits per heavy atom. The molecular weight excluding hydrogens is 349 g/mol. The van der Waals surface area contributed by atoms with Crippen LogP contribution in [0.4, 0.5) is 9.18 Å². The summed E-state index contributed by atoms with van der Waals surface area (Å²) in [5, 5.41) is 5.37. The Morgan fingerprint density at radius 3 is 2.67 bits per heavy atom. The first kappa shape index (κ1) is 19.1. The molecule has 0 radical (unpaired) electrons. The van der Waals surface area contributed by atoms with Gasteiger partial charge in [0.15, 0.2) is 0 Å². The number of imide groups is 1. The van der Waals surface area contributed by atoms with Gasteiger partial charge in [-0.2, -0.15) is 0 Å². The molecule has 7 heteroatoms. The first-order chi connectivity index (χ1) is 12.9. The number of benzene rings is 1. The molecule has 27 heavy (non-hydrogen) atoms. The third kappa shape index (κ3) is 4.18. The largest absolute Gasteiger partial charge is 0.354 e. The highest BCUT2D eigenvalue weighted by atomic mass is 19.1. The van der Waals surface area contributed by atoms with Gasteiger partial charge in [0, 0.05) is 6.54 Å². The normalized spacial score (nSPS) is 22.4. The van der Waals surface area contributed by atoms with Crippen molar-refractivity contribution in [3.05, 3.63) is 47.3 Å². The third-order valence-electron chi connectivity index (χ3n) is 5.15. The molecule has 0 spiro atoms. The summed E-state index contributed by atoms with van der Waals surface area (Å²) < 4.78 is 13.1. The van der Waals surface area contributed by atoms with E-state index in [4.69, 9.17) is 0 Å². The molecule has 1 atom stereocenters. The maximum absolute atomic E-state index is 13.1. The molecular formula is C20H24FN3O3. The minimum atomic E-state index is -1.31. The number of nitrogens with zero attached hydrogens (tertiary/aromatic N) is 1. The molecule has 1 heterocycles. The Kier molecular flexibility index (Phi) is 5.58. The lowest BCUT2D eigenvalue weighted by Crippen LogP contribution is -2.43. The Balaban J connectivity index is 1.57. The van der Waals surface area contributed by atoms with Gasteiger partial charge in [-0.1, -0.05) is 23.8 Å². The third-order valence-corrected chi connectivity index (χ3v) is 5.15. The van der Waals surface area contributed by atoms with Crippen molar-refractivity contribution in [2.45, 2.75) is 44.6 Å². The molecule has 144 valence electrons. The summed E-state index contributed by atoms with van der Waals surface area (Å²) in [7, 11) is 0. The van der Waals surface area contributed by atoms with Crippen LogP contribution in [-0.4, -0.2) is 35.8 Å². The van der Waals surface area contributed by atoms with Crippen LogP contribution in [0.15, 0.2) is 35.9 Å². The number of amides is 4. The molecule has 1 aliphatic heterocycles. The molecule has 1 aromatic rings. The Morgan fingerprint density at radius 2 is 2.00 bits per heavy atom. The molecule has 1 saturated heterocycles. The Bertz CT molecular complexity index is 775. The van der Waals surface area contributed by atoms with Crippen LogP contribution in [0.5, 0.6) is 0 Å². The van der Waals surface area contributed by atoms with Gasteiger partial charge < -0.3 is 10.6 Å². The molecule has 2 aliphatic rings. The molecule has 3 rings (SSSR count). The van der Waals surface area contributed by atoms with Crippen LogP contribution in [0, 0.1) is 5.82 Å². The van der Waals surface area contributed by atoms with E-state index in [9.17, 15) is 18.8 Å². The van der Waals surface area contributed by atoms with Crippen molar-refractivity contribution in [3.8, 4) is 0 Å². The SMILES string of the molecule is C[C@]1(c2ccc(F)cc2)NC(=O)N(CC(=O)NCCC2=CCCCC2)C1=O. The predicted octanol–water partition coefficient (Wildman–Crippen LogP) is 2.60. The number of carbonyl (C=O) groups is 3. The van der Waals surface area contributed by atoms with E-state index in [2.05, 4.69) is 16.7 Å². The molecule has 1 fully saturated rings. The summed E-state index contributed by atoms with van der Waals surface area (Å²) in [4.78, 5) is 38.0. The predicted molar refractivity (Wildman–Crippen MR) is 98.2 cm³/mol. The lowest BCUT2D eigenvalue weighted by Gasteiger charge is -2.22. The van der Waals surface area contributed by atoms with Crippen molar-refractivity contribution in [2.24, 2.45) is 0 Å². The van der Waals surface area contributed by atoms with E-state index >= 15 is 0 Å². The van der Waals surface area contributed by atoms with Gasteiger partial charge in [-0.15, -0.1) is 0 Å². The van der Waals surface area contributed by atoms with E-state index in [-0.39, 0.29) is 12.5 Å². The fourth-order valence-electron chi connectivity index (χ4n) is 3.51. The Labute approximate surface area is 157 Å². The second kappa shape index (κ2) is 7.90. The van der Waals surface area contributed by atoms with Crippen molar-refractivity contribution in [1.29, 1.82) is 0 Å². The van der Waals surface area contributed by atoms with E-state index in [1.165, 1.54) is 42.7 Å². The van der Waals surface area contributed by atoms with Gasteiger partial charge in [-0.25, -0.2) is 9.18 Å². The van der Waals surface area contributed by atoms with Crippen molar-refractivity contribution >= 4 is 17.8 Å². The van der Waals surface area contributed by atoms with E-state index in [1.54, 1.807) is 6.92 Å². The fraction of sp³-hybridized carbons (Fsp3) is 0.450. The van der Waals surface area contributed by atoms with Gasteiger partial charge in [-0.3, -0.25) is 14.5 Å². The number of carbonyl (C=O) groups excluding carboxylic acids is 3. The van der Waals surface area contributed by atoms with E-state index in [0.717, 1.165) is 24.2 Å². The van der Waals surface area contributed by atoms with Crippen LogP contribution in [0.1, 0.15) is 44.6 Å². The van der Waals surface area contributed by atoms with Crippen LogP contribution in [0.2, 0.25) is 0 Å². The van der Waals surface area contributed by atoms with Crippen LogP contribution in [0.3, 0.4) is 0 Å². The monoisotopic (exact) mass is 373 g/mol. The van der Waals surface area contributed by atoms with E-state index < -0.39 is 23.3 Å². The zero-order valence-corrected chi connectivity index (χ0v) is 15.4. The molecule has 1 aliphatic carbocycles. The summed E-state index contributed by atoms with van der Waals surface area (Å²) >= 11 is 0. The maximum Gasteiger partial charge on any atom is 0.325 e. The quantitative estimate of drug-likeness (QED) is 0.594. The fourth-order valence-corrected chi connectivity index (χ4v) is 3.51. The average Bonchev–Trinajstić information content (AvgIpc) is 2.87. The van der Waals surface area contributed by atoms with Gasteiger partial charge in [0.05, 0.1) is 0 Å². The first-order valence-electron chi connectivity index (χ1n) is 9.25. The van der Waals surface area contributed by atoms with Crippen LogP contribution in [-0.2, 0) is 15.1 Å². The standard InChI is InChI=1S/C20H24FN3O3/c1-20(15-7-9-16(21)10-8-15)18(26)24(19(27)23-20)13-17(25)22-12-11-14-5-3-2-4-6-14/h5,7-10H,2-4,6,11-13H2,1H3,(H,22,25)(H,23,27)/t20-/m1/s1. The molecule has 2 N–H and O–H groups in total. The number of rotatable bonds is 6. The maximum atomic E-state index is 13.1. The van der Waals surface area contributed by atoms with Gasteiger partial charge in [0.2, 0.25) is 5.91 Å². The van der Waals surface area contributed by atoms with Gasteiger partial charge in [0.1, 0.15) is 17.9 Å². The zero-order chi connectivity index (χ0) is 19.4. The Hall–Kier alpha value is -2.70. The molecule has 1 aromatic carbocycles. The summed E-state index contributed by atoms with van der Waals surface area (Å²) in [6.45, 7) is 1.71. The molecule has 0 saturated carbocycles. The first-order valence-corrected chi connectivity index (χ1v) is 9.25. The van der Waals surface area contributed by atoms with Crippen molar-refractivity contribution in [3.63, 3.8) is 0 Å². The average molecular weight is 373 g/mol. The number of halogens is 1. The molecule has 0 aromatic heterocycles. The van der Waals surface area contributed by atoms with Gasteiger partial charge in [0.25, 0.3) is 5.91 Å². The van der Waals surface area contributed by atoms with Crippen molar-refractivity contribution in [1.82, 2.24) is 15.5 Å². The lowest BCUT2D eigenvalue weighted by atomic mass is 9.92. The minimum absolute atomic E-state index is 0.333. The highest BCUT2D eigenvalue weighted by molar-refractivity contribution is 6.09. The molecule has 6 nitrogen and oxygen atoms in total. The highest BCUT2D eigenvalue weighted by Gasteiger charge is 2.49. The molecule has 4 amide bonds. The van der Waals surface area contributed by atoms with E-state index in [0.29, 0.717) is 12.1 Å². The van der Waals surface area contributed by atoms with Crippen LogP contribution < -0.4 is 10.6 Å². The number of urea groups is 1. The van der Waals surface area contributed by atoms with Crippen LogP contribution >= 0.6 is 0 Å². The van der Waals surface area contributed by atoms with Gasteiger partial charge >= 0.3 is 6.03 Å². The second-order valence-electron chi connectivity index (χ2n) is 7.16. The summed E-state index contributed by atoms with van der Waals surface area (Å²) in [5.41, 5.74) is 0.507. The lowest BCUT2D eigenvalue weighted by molar-refractivity contribution is -0.134. The number of nitrogens with one attached hydrogen (secondary N) is 2. The summed E-state index contributed by atoms with van der Waals surface area (Å²) in [6.07, 6.45) is 7.58. The summed E-state index contributed by atoms with van der Waals surface area (Å²) in [6, 6.07) is 4.74. The minimum Gasteiger partial charge on any atom is -0.354 e. The number of hydrogen-bond acceptors (Lipinski definition) is 3. The summed E-state index contributed by atoms with van der Waals surface area (Å²) in [5.74, 6) is -1.33. The molecule has 0 bridgehead atoms. The van der Waals surface area contributed by atoms with Crippen LogP contribution in [0.25, 0.3) is 0 Å². The van der Waals surface area contributed by atoms with E-state index in [1.807, 2.05) is 0 Å². The topological polar surface area (TPSA) is 78.5 Å². The zero-order valence-electron chi connectivity index (χ0n) is 15.4. The highest BCUT2D eigenvalue weighted by Crippen LogP contribution is 2.28. The number of allylic oxidation sites excluding steroid dienone is 1. The van der Waals surface area contributed by atoms with Gasteiger partial charge in [-0.05, 0) is 56.7 Å². The second-order valence-corrected chi connectivity index (χ2v) is 7.16. The molecule has 0 unspecified atom stereocenters. The number of hydrogen-bond donors (Lipinski definition) is 2. The van der Waals surface area contributed by atoms with Crippen molar-refractivity contribution < 1.29 is 18.8 Å². The smallest absolute Gasteiger partial charge is 0.325 e. The van der Waals surface area contributed by atoms with Crippen molar-refractivity contribution in [2.75, 3.05) is 13.1 Å².